The van der Waals surface area contributed by atoms with Gasteiger partial charge in [-0.3, -0.25) is 0 Å². The summed E-state index contributed by atoms with van der Waals surface area (Å²) in [6.07, 6.45) is 2.68. The van der Waals surface area contributed by atoms with Gasteiger partial charge >= 0.3 is 0 Å². The SMILES string of the molecule is CC1(C)CCC(CNCc2ccc(CCl)cc2)O1. The highest BCUT2D eigenvalue weighted by Gasteiger charge is 2.30. The zero-order valence-electron chi connectivity index (χ0n) is 11.2. The average Bonchev–Trinajstić information content (AvgIpc) is 2.70. The number of halogens is 1. The third kappa shape index (κ3) is 3.98. The lowest BCUT2D eigenvalue weighted by Crippen LogP contribution is -2.29. The summed E-state index contributed by atoms with van der Waals surface area (Å²) in [5.41, 5.74) is 2.52. The second-order valence-corrected chi connectivity index (χ2v) is 5.89. The van der Waals surface area contributed by atoms with E-state index >= 15 is 0 Å². The van der Waals surface area contributed by atoms with Crippen LogP contribution in [0.3, 0.4) is 0 Å². The minimum absolute atomic E-state index is 0.0638. The standard InChI is InChI=1S/C15H22ClNO/c1-15(2)8-7-14(18-15)11-17-10-13-5-3-12(9-16)4-6-13/h3-6,14,17H,7-11H2,1-2H3. The number of hydrogen-bond donors (Lipinski definition) is 1. The first-order valence-electron chi connectivity index (χ1n) is 6.61. The maximum atomic E-state index is 5.94. The quantitative estimate of drug-likeness (QED) is 0.825. The molecule has 0 saturated carbocycles. The van der Waals surface area contributed by atoms with Crippen LogP contribution in [0.15, 0.2) is 24.3 Å². The summed E-state index contributed by atoms with van der Waals surface area (Å²) in [7, 11) is 0. The molecule has 1 aromatic rings. The molecule has 1 aliphatic rings. The Morgan fingerprint density at radius 3 is 2.50 bits per heavy atom. The van der Waals surface area contributed by atoms with E-state index in [1.807, 2.05) is 0 Å². The van der Waals surface area contributed by atoms with E-state index in [9.17, 15) is 0 Å². The van der Waals surface area contributed by atoms with Gasteiger partial charge in [-0.2, -0.15) is 0 Å². The number of ether oxygens (including phenoxy) is 1. The van der Waals surface area contributed by atoms with Gasteiger partial charge in [0, 0.05) is 19.0 Å². The molecule has 0 spiro atoms. The first kappa shape index (κ1) is 13.9. The van der Waals surface area contributed by atoms with Crippen molar-refractivity contribution in [3.8, 4) is 0 Å². The second-order valence-electron chi connectivity index (χ2n) is 5.62. The van der Waals surface area contributed by atoms with Crippen LogP contribution in [0.4, 0.5) is 0 Å². The van der Waals surface area contributed by atoms with E-state index < -0.39 is 0 Å². The molecule has 2 nitrogen and oxygen atoms in total. The molecule has 18 heavy (non-hydrogen) atoms. The van der Waals surface area contributed by atoms with E-state index in [1.54, 1.807) is 0 Å². The van der Waals surface area contributed by atoms with Crippen molar-refractivity contribution in [1.82, 2.24) is 5.32 Å². The van der Waals surface area contributed by atoms with Crippen LogP contribution in [-0.4, -0.2) is 18.2 Å². The summed E-state index contributed by atoms with van der Waals surface area (Å²) in [5, 5.41) is 3.46. The van der Waals surface area contributed by atoms with E-state index in [0.717, 1.165) is 25.9 Å². The van der Waals surface area contributed by atoms with Gasteiger partial charge in [-0.15, -0.1) is 11.6 Å². The number of nitrogens with one attached hydrogen (secondary N) is 1. The second kappa shape index (κ2) is 6.05. The van der Waals surface area contributed by atoms with Crippen molar-refractivity contribution in [2.45, 2.75) is 50.8 Å². The third-order valence-electron chi connectivity index (χ3n) is 3.43. The Hall–Kier alpha value is -0.570. The molecule has 1 atom stereocenters. The molecule has 0 bridgehead atoms. The minimum atomic E-state index is 0.0638. The molecule has 0 aliphatic carbocycles. The van der Waals surface area contributed by atoms with Crippen molar-refractivity contribution in [1.29, 1.82) is 0 Å². The first-order valence-corrected chi connectivity index (χ1v) is 7.15. The monoisotopic (exact) mass is 267 g/mol. The Labute approximate surface area is 115 Å². The van der Waals surface area contributed by atoms with Crippen molar-refractivity contribution < 1.29 is 4.74 Å². The summed E-state index contributed by atoms with van der Waals surface area (Å²) in [4.78, 5) is 0. The molecule has 1 heterocycles. The zero-order chi connectivity index (χ0) is 13.0. The molecule has 1 N–H and O–H groups in total. The molecule has 1 aromatic carbocycles. The lowest BCUT2D eigenvalue weighted by atomic mass is 10.1. The summed E-state index contributed by atoms with van der Waals surface area (Å²) in [6, 6.07) is 8.42. The molecular formula is C15H22ClNO. The zero-order valence-corrected chi connectivity index (χ0v) is 12.0. The normalized spacial score (nSPS) is 22.3. The molecular weight excluding hydrogens is 246 g/mol. The van der Waals surface area contributed by atoms with Gasteiger partial charge in [-0.05, 0) is 37.8 Å². The number of alkyl halides is 1. The lowest BCUT2D eigenvalue weighted by Gasteiger charge is -2.19. The molecule has 0 amide bonds. The van der Waals surface area contributed by atoms with Gasteiger partial charge in [0.2, 0.25) is 0 Å². The molecule has 1 aliphatic heterocycles. The minimum Gasteiger partial charge on any atom is -0.371 e. The average molecular weight is 268 g/mol. The van der Waals surface area contributed by atoms with Crippen molar-refractivity contribution >= 4 is 11.6 Å². The van der Waals surface area contributed by atoms with Crippen molar-refractivity contribution in [3.05, 3.63) is 35.4 Å². The van der Waals surface area contributed by atoms with Gasteiger partial charge in [-0.1, -0.05) is 24.3 Å². The Bertz CT molecular complexity index is 375. The summed E-state index contributed by atoms with van der Waals surface area (Å²) >= 11 is 5.76. The Kier molecular flexibility index (Phi) is 4.66. The predicted octanol–water partition coefficient (Wildman–Crippen LogP) is 3.47. The highest BCUT2D eigenvalue weighted by atomic mass is 35.5. The fourth-order valence-electron chi connectivity index (χ4n) is 2.35. The predicted molar refractivity (Wildman–Crippen MR) is 75.9 cm³/mol. The maximum absolute atomic E-state index is 5.94. The van der Waals surface area contributed by atoms with Gasteiger partial charge in [-0.25, -0.2) is 0 Å². The van der Waals surface area contributed by atoms with Crippen molar-refractivity contribution in [2.24, 2.45) is 0 Å². The van der Waals surface area contributed by atoms with Gasteiger partial charge in [0.05, 0.1) is 11.7 Å². The van der Waals surface area contributed by atoms with Crippen LogP contribution in [0.2, 0.25) is 0 Å². The fraction of sp³-hybridized carbons (Fsp3) is 0.600. The summed E-state index contributed by atoms with van der Waals surface area (Å²) in [6.45, 7) is 6.15. The summed E-state index contributed by atoms with van der Waals surface area (Å²) < 4.78 is 5.94. The van der Waals surface area contributed by atoms with Crippen molar-refractivity contribution in [3.63, 3.8) is 0 Å². The number of rotatable bonds is 5. The van der Waals surface area contributed by atoms with E-state index in [-0.39, 0.29) is 5.60 Å². The number of benzene rings is 1. The van der Waals surface area contributed by atoms with Crippen LogP contribution in [0.1, 0.15) is 37.8 Å². The molecule has 0 aromatic heterocycles. The third-order valence-corrected chi connectivity index (χ3v) is 3.74. The van der Waals surface area contributed by atoms with E-state index in [0.29, 0.717) is 12.0 Å². The van der Waals surface area contributed by atoms with E-state index in [1.165, 1.54) is 11.1 Å². The van der Waals surface area contributed by atoms with Crippen LogP contribution >= 0.6 is 11.6 Å². The van der Waals surface area contributed by atoms with Gasteiger partial charge in [0.1, 0.15) is 0 Å². The highest BCUT2D eigenvalue weighted by Crippen LogP contribution is 2.28. The molecule has 1 unspecified atom stereocenters. The first-order chi connectivity index (χ1) is 8.59. The largest absolute Gasteiger partial charge is 0.371 e. The van der Waals surface area contributed by atoms with Crippen LogP contribution in [0, 0.1) is 0 Å². The van der Waals surface area contributed by atoms with E-state index in [2.05, 4.69) is 43.4 Å². The Balaban J connectivity index is 1.72. The molecule has 3 heteroatoms. The van der Waals surface area contributed by atoms with Gasteiger partial charge < -0.3 is 10.1 Å². The van der Waals surface area contributed by atoms with Crippen LogP contribution in [0.5, 0.6) is 0 Å². The highest BCUT2D eigenvalue weighted by molar-refractivity contribution is 6.17. The van der Waals surface area contributed by atoms with Crippen LogP contribution < -0.4 is 5.32 Å². The van der Waals surface area contributed by atoms with Gasteiger partial charge in [0.25, 0.3) is 0 Å². The summed E-state index contributed by atoms with van der Waals surface area (Å²) in [5.74, 6) is 0.582. The van der Waals surface area contributed by atoms with Crippen LogP contribution in [0.25, 0.3) is 0 Å². The van der Waals surface area contributed by atoms with E-state index in [4.69, 9.17) is 16.3 Å². The smallest absolute Gasteiger partial charge is 0.0707 e. The van der Waals surface area contributed by atoms with Gasteiger partial charge in [0.15, 0.2) is 0 Å². The molecule has 1 fully saturated rings. The fourth-order valence-corrected chi connectivity index (χ4v) is 2.52. The molecule has 1 saturated heterocycles. The van der Waals surface area contributed by atoms with Crippen molar-refractivity contribution in [2.75, 3.05) is 6.54 Å². The number of hydrogen-bond acceptors (Lipinski definition) is 2. The maximum Gasteiger partial charge on any atom is 0.0707 e. The Morgan fingerprint density at radius 2 is 1.94 bits per heavy atom. The van der Waals surface area contributed by atoms with Crippen LogP contribution in [-0.2, 0) is 17.2 Å². The Morgan fingerprint density at radius 1 is 1.28 bits per heavy atom. The molecule has 2 rings (SSSR count). The lowest BCUT2D eigenvalue weighted by molar-refractivity contribution is -0.0142. The molecule has 100 valence electrons. The topological polar surface area (TPSA) is 21.3 Å². The molecule has 0 radical (unpaired) electrons.